The van der Waals surface area contributed by atoms with E-state index in [1.54, 1.807) is 6.07 Å². The number of esters is 1. The summed E-state index contributed by atoms with van der Waals surface area (Å²) in [6.45, 7) is -0.107. The van der Waals surface area contributed by atoms with Crippen molar-refractivity contribution in [1.82, 2.24) is 0 Å². The topological polar surface area (TPSA) is 121 Å². The lowest BCUT2D eigenvalue weighted by atomic mass is 10.1. The third kappa shape index (κ3) is 6.13. The Balaban J connectivity index is 1.89. The maximum atomic E-state index is 11.9. The fourth-order valence-electron chi connectivity index (χ4n) is 2.23. The molecule has 2 aromatic rings. The van der Waals surface area contributed by atoms with Gasteiger partial charge in [-0.2, -0.15) is 0 Å². The number of nitrogens with zero attached hydrogens (tertiary/aromatic N) is 1. The molecule has 0 aromatic heterocycles. The highest BCUT2D eigenvalue weighted by Gasteiger charge is 2.12. The van der Waals surface area contributed by atoms with Crippen LogP contribution in [0.25, 0.3) is 6.08 Å². The van der Waals surface area contributed by atoms with Crippen LogP contribution in [-0.4, -0.2) is 31.3 Å². The predicted octanol–water partition coefficient (Wildman–Crippen LogP) is 2.71. The van der Waals surface area contributed by atoms with Crippen LogP contribution in [0.3, 0.4) is 0 Å². The van der Waals surface area contributed by atoms with Crippen molar-refractivity contribution in [3.63, 3.8) is 0 Å². The number of ketones is 1. The quantitative estimate of drug-likeness (QED) is 0.218. The molecular weight excluding hydrogens is 386 g/mol. The molecule has 0 atom stereocenters. The zero-order valence-corrected chi connectivity index (χ0v) is 15.7. The Labute approximate surface area is 161 Å². The number of sulfone groups is 1. The largest absolute Gasteiger partial charge is 0.460 e. The Morgan fingerprint density at radius 3 is 2.36 bits per heavy atom. The highest BCUT2D eigenvalue weighted by Crippen LogP contribution is 2.19. The van der Waals surface area contributed by atoms with Crippen LogP contribution in [0.5, 0.6) is 0 Å². The molecular formula is C19H17NO7S. The first-order valence-corrected chi connectivity index (χ1v) is 9.95. The second-order valence-electron chi connectivity index (χ2n) is 5.87. The third-order valence-corrected chi connectivity index (χ3v) is 4.78. The molecule has 0 amide bonds. The summed E-state index contributed by atoms with van der Waals surface area (Å²) in [5, 5.41) is 10.9. The summed E-state index contributed by atoms with van der Waals surface area (Å²) in [6, 6.07) is 11.7. The van der Waals surface area contributed by atoms with Gasteiger partial charge in [0.1, 0.15) is 13.0 Å². The van der Waals surface area contributed by atoms with Crippen LogP contribution >= 0.6 is 0 Å². The second-order valence-corrected chi connectivity index (χ2v) is 7.88. The minimum atomic E-state index is -3.31. The van der Waals surface area contributed by atoms with Gasteiger partial charge in [-0.15, -0.1) is 0 Å². The van der Waals surface area contributed by atoms with Crippen molar-refractivity contribution in [1.29, 1.82) is 0 Å². The number of ether oxygens (including phenoxy) is 1. The van der Waals surface area contributed by atoms with Crippen LogP contribution < -0.4 is 0 Å². The van der Waals surface area contributed by atoms with E-state index in [0.717, 1.165) is 12.3 Å². The smallest absolute Gasteiger partial charge is 0.314 e. The number of carbonyl (C=O) groups excluding carboxylic acids is 2. The predicted molar refractivity (Wildman–Crippen MR) is 101 cm³/mol. The first kappa shape index (κ1) is 21.0. The van der Waals surface area contributed by atoms with E-state index in [0.29, 0.717) is 5.56 Å². The summed E-state index contributed by atoms with van der Waals surface area (Å²) in [7, 11) is -3.31. The molecule has 0 bridgehead atoms. The van der Waals surface area contributed by atoms with Gasteiger partial charge in [0.25, 0.3) is 5.69 Å². The molecule has 0 N–H and O–H groups in total. The van der Waals surface area contributed by atoms with E-state index in [-0.39, 0.29) is 22.8 Å². The maximum Gasteiger partial charge on any atom is 0.314 e. The molecule has 0 saturated carbocycles. The van der Waals surface area contributed by atoms with Crippen molar-refractivity contribution in [2.75, 3.05) is 6.26 Å². The second kappa shape index (κ2) is 9.05. The molecule has 8 nitrogen and oxygen atoms in total. The average Bonchev–Trinajstić information content (AvgIpc) is 2.64. The van der Waals surface area contributed by atoms with E-state index in [9.17, 15) is 28.1 Å². The zero-order valence-electron chi connectivity index (χ0n) is 14.9. The van der Waals surface area contributed by atoms with Gasteiger partial charge in [0.2, 0.25) is 0 Å². The molecule has 0 aliphatic carbocycles. The Hall–Kier alpha value is -3.33. The zero-order chi connectivity index (χ0) is 20.7. The summed E-state index contributed by atoms with van der Waals surface area (Å²) in [4.78, 5) is 34.1. The van der Waals surface area contributed by atoms with Gasteiger partial charge in [0.05, 0.1) is 15.4 Å². The molecule has 146 valence electrons. The molecule has 2 aromatic carbocycles. The third-order valence-electron chi connectivity index (χ3n) is 3.65. The molecule has 0 fully saturated rings. The Kier molecular flexibility index (Phi) is 6.78. The van der Waals surface area contributed by atoms with Gasteiger partial charge < -0.3 is 4.74 Å². The van der Waals surface area contributed by atoms with Crippen LogP contribution in [0, 0.1) is 10.1 Å². The van der Waals surface area contributed by atoms with Crippen LogP contribution in [0.2, 0.25) is 0 Å². The van der Waals surface area contributed by atoms with E-state index >= 15 is 0 Å². The number of nitro groups is 1. The van der Waals surface area contributed by atoms with E-state index in [1.165, 1.54) is 48.5 Å². The highest BCUT2D eigenvalue weighted by molar-refractivity contribution is 7.90. The monoisotopic (exact) mass is 403 g/mol. The molecule has 0 saturated heterocycles. The van der Waals surface area contributed by atoms with E-state index in [1.807, 2.05) is 0 Å². The van der Waals surface area contributed by atoms with Gasteiger partial charge in [-0.05, 0) is 35.9 Å². The number of carbonyl (C=O) groups is 2. The summed E-state index contributed by atoms with van der Waals surface area (Å²) in [6.07, 6.45) is 2.94. The molecule has 28 heavy (non-hydrogen) atoms. The molecule has 0 spiro atoms. The number of rotatable bonds is 8. The number of hydrogen-bond donors (Lipinski definition) is 0. The van der Waals surface area contributed by atoms with Gasteiger partial charge in [-0.1, -0.05) is 24.3 Å². The van der Waals surface area contributed by atoms with Gasteiger partial charge in [-0.25, -0.2) is 8.42 Å². The Bertz CT molecular complexity index is 1020. The molecule has 9 heteroatoms. The van der Waals surface area contributed by atoms with Crippen LogP contribution in [0.4, 0.5) is 5.69 Å². The number of allylic oxidation sites excluding steroid dienone is 1. The lowest BCUT2D eigenvalue weighted by Crippen LogP contribution is -2.09. The average molecular weight is 403 g/mol. The van der Waals surface area contributed by atoms with Crippen LogP contribution in [-0.2, 0) is 30.8 Å². The van der Waals surface area contributed by atoms with Crippen LogP contribution in [0.15, 0.2) is 59.5 Å². The molecule has 0 radical (unpaired) electrons. The number of benzene rings is 2. The lowest BCUT2D eigenvalue weighted by Gasteiger charge is -2.05. The number of hydrogen-bond acceptors (Lipinski definition) is 7. The SMILES string of the molecule is CS(=O)(=O)c1ccc(COC(=O)CC(=O)C=Cc2ccccc2[N+](=O)[O-])cc1. The minimum Gasteiger partial charge on any atom is -0.460 e. The summed E-state index contributed by atoms with van der Waals surface area (Å²) >= 11 is 0. The molecule has 0 aliphatic rings. The van der Waals surface area contributed by atoms with Crippen molar-refractivity contribution < 1.29 is 27.7 Å². The molecule has 2 rings (SSSR count). The van der Waals surface area contributed by atoms with E-state index < -0.39 is 32.9 Å². The summed E-state index contributed by atoms with van der Waals surface area (Å²) in [5.41, 5.74) is 0.676. The first-order valence-electron chi connectivity index (χ1n) is 8.06. The van der Waals surface area contributed by atoms with Gasteiger partial charge in [0, 0.05) is 12.3 Å². The number of nitro benzene ring substituents is 1. The van der Waals surface area contributed by atoms with Crippen molar-refractivity contribution in [2.45, 2.75) is 17.9 Å². The van der Waals surface area contributed by atoms with Crippen LogP contribution in [0.1, 0.15) is 17.5 Å². The molecule has 0 aliphatic heterocycles. The normalized spacial score (nSPS) is 11.3. The standard InChI is InChI=1S/C19H17NO7S/c1-28(25,26)17-10-6-14(7-11-17)13-27-19(22)12-16(21)9-8-15-4-2-3-5-18(15)20(23)24/h2-11H,12-13H2,1H3. The molecule has 0 unspecified atom stereocenters. The minimum absolute atomic E-state index is 0.107. The lowest BCUT2D eigenvalue weighted by molar-refractivity contribution is -0.385. The Morgan fingerprint density at radius 2 is 1.75 bits per heavy atom. The summed E-state index contributed by atoms with van der Waals surface area (Å²) < 4.78 is 27.8. The van der Waals surface area contributed by atoms with Gasteiger partial charge in [-0.3, -0.25) is 19.7 Å². The molecule has 0 heterocycles. The first-order chi connectivity index (χ1) is 13.2. The van der Waals surface area contributed by atoms with E-state index in [4.69, 9.17) is 4.74 Å². The fourth-order valence-corrected chi connectivity index (χ4v) is 2.86. The van der Waals surface area contributed by atoms with Crippen molar-refractivity contribution in [2.24, 2.45) is 0 Å². The summed E-state index contributed by atoms with van der Waals surface area (Å²) in [5.74, 6) is -1.32. The van der Waals surface area contributed by atoms with E-state index in [2.05, 4.69) is 0 Å². The Morgan fingerprint density at radius 1 is 1.11 bits per heavy atom. The highest BCUT2D eigenvalue weighted by atomic mass is 32.2. The van der Waals surface area contributed by atoms with Crippen molar-refractivity contribution in [3.8, 4) is 0 Å². The van der Waals surface area contributed by atoms with Gasteiger partial charge in [0.15, 0.2) is 15.6 Å². The van der Waals surface area contributed by atoms with Crippen molar-refractivity contribution >= 4 is 33.4 Å². The maximum absolute atomic E-state index is 11.9. The van der Waals surface area contributed by atoms with Crippen molar-refractivity contribution in [3.05, 3.63) is 75.8 Å². The fraction of sp³-hybridized carbons (Fsp3) is 0.158. The van der Waals surface area contributed by atoms with Gasteiger partial charge >= 0.3 is 5.97 Å². The number of para-hydroxylation sites is 1.